The highest BCUT2D eigenvalue weighted by Gasteiger charge is 2.24. The summed E-state index contributed by atoms with van der Waals surface area (Å²) < 4.78 is 41.8. The van der Waals surface area contributed by atoms with Crippen molar-refractivity contribution < 1.29 is 17.6 Å². The summed E-state index contributed by atoms with van der Waals surface area (Å²) in [6, 6.07) is 8.34. The largest absolute Gasteiger partial charge is 0.332 e. The van der Waals surface area contributed by atoms with Crippen LogP contribution in [0.3, 0.4) is 0 Å². The molecule has 2 heterocycles. The fourth-order valence-electron chi connectivity index (χ4n) is 2.24. The van der Waals surface area contributed by atoms with Crippen molar-refractivity contribution >= 4 is 27.5 Å². The smallest absolute Gasteiger partial charge is 0.285 e. The summed E-state index contributed by atoms with van der Waals surface area (Å²) in [6.45, 7) is 0. The van der Waals surface area contributed by atoms with E-state index in [2.05, 4.69) is 9.97 Å². The summed E-state index contributed by atoms with van der Waals surface area (Å²) in [6.07, 6.45) is 2.66. The van der Waals surface area contributed by atoms with Gasteiger partial charge in [-0.15, -0.1) is 0 Å². The molecule has 3 aromatic rings. The average Bonchev–Trinajstić information content (AvgIpc) is 2.97. The second-order valence-corrected chi connectivity index (χ2v) is 7.32. The molecular weight excluding hydrogens is 383 g/mol. The van der Waals surface area contributed by atoms with Gasteiger partial charge in [-0.05, 0) is 24.3 Å². The zero-order chi connectivity index (χ0) is 18.9. The Morgan fingerprint density at radius 1 is 1.23 bits per heavy atom. The molecular formula is C16H12ClFN4O3S. The van der Waals surface area contributed by atoms with Crippen molar-refractivity contribution in [1.29, 1.82) is 0 Å². The molecule has 3 rings (SSSR count). The van der Waals surface area contributed by atoms with Gasteiger partial charge in [-0.2, -0.15) is 0 Å². The lowest BCUT2D eigenvalue weighted by atomic mass is 10.3. The zero-order valence-electron chi connectivity index (χ0n) is 13.3. The highest BCUT2D eigenvalue weighted by Crippen LogP contribution is 2.21. The number of rotatable bonds is 4. The van der Waals surface area contributed by atoms with Crippen LogP contribution in [0.5, 0.6) is 0 Å². The number of halogens is 2. The van der Waals surface area contributed by atoms with Crippen LogP contribution in [0.1, 0.15) is 10.5 Å². The average molecular weight is 395 g/mol. The van der Waals surface area contributed by atoms with Crippen LogP contribution in [-0.2, 0) is 17.1 Å². The van der Waals surface area contributed by atoms with Gasteiger partial charge < -0.3 is 4.57 Å². The number of imidazole rings is 1. The van der Waals surface area contributed by atoms with E-state index in [1.54, 1.807) is 6.07 Å². The molecule has 0 aliphatic rings. The molecule has 0 spiro atoms. The molecule has 1 N–H and O–H groups in total. The second-order valence-electron chi connectivity index (χ2n) is 5.26. The number of hydrogen-bond donors (Lipinski definition) is 1. The standard InChI is InChI=1S/C16H12ClFN4O3S/c1-22-9-12(20-15(22)14-11(18)6-4-8-19-14)16(23)21-26(24,25)13-7-3-2-5-10(13)17/h2-9H,1H3,(H,21,23). The maximum absolute atomic E-state index is 13.9. The molecule has 0 atom stereocenters. The molecule has 0 saturated carbocycles. The van der Waals surface area contributed by atoms with Gasteiger partial charge in [0.15, 0.2) is 11.6 Å². The minimum absolute atomic E-state index is 0.0231. The zero-order valence-corrected chi connectivity index (χ0v) is 14.9. The van der Waals surface area contributed by atoms with Gasteiger partial charge in [0.25, 0.3) is 15.9 Å². The van der Waals surface area contributed by atoms with Gasteiger partial charge in [-0.3, -0.25) is 4.79 Å². The minimum Gasteiger partial charge on any atom is -0.332 e. The summed E-state index contributed by atoms with van der Waals surface area (Å²) in [7, 11) is -2.65. The number of amides is 1. The highest BCUT2D eigenvalue weighted by molar-refractivity contribution is 7.90. The molecule has 1 aromatic carbocycles. The Labute approximate surface area is 153 Å². The summed E-state index contributed by atoms with van der Waals surface area (Å²) in [5.74, 6) is -1.50. The monoisotopic (exact) mass is 394 g/mol. The number of hydrogen-bond acceptors (Lipinski definition) is 5. The summed E-state index contributed by atoms with van der Waals surface area (Å²) in [4.78, 5) is 20.0. The maximum atomic E-state index is 13.9. The van der Waals surface area contributed by atoms with Crippen molar-refractivity contribution in [2.24, 2.45) is 7.05 Å². The first-order valence-corrected chi connectivity index (χ1v) is 9.11. The molecule has 0 saturated heterocycles. The Balaban J connectivity index is 1.91. The third kappa shape index (κ3) is 3.44. The number of aryl methyl sites for hydroxylation is 1. The van der Waals surface area contributed by atoms with E-state index >= 15 is 0 Å². The van der Waals surface area contributed by atoms with Crippen molar-refractivity contribution in [3.8, 4) is 11.5 Å². The normalized spacial score (nSPS) is 11.3. The number of aromatic nitrogens is 3. The van der Waals surface area contributed by atoms with Crippen molar-refractivity contribution in [2.45, 2.75) is 4.90 Å². The summed E-state index contributed by atoms with van der Waals surface area (Å²) in [5, 5.41) is -0.0231. The van der Waals surface area contributed by atoms with E-state index in [9.17, 15) is 17.6 Å². The van der Waals surface area contributed by atoms with Crippen LogP contribution >= 0.6 is 11.6 Å². The number of nitrogens with zero attached hydrogens (tertiary/aromatic N) is 3. The van der Waals surface area contributed by atoms with E-state index in [1.807, 2.05) is 4.72 Å². The van der Waals surface area contributed by atoms with Crippen molar-refractivity contribution in [3.05, 3.63) is 65.3 Å². The van der Waals surface area contributed by atoms with E-state index in [0.29, 0.717) is 0 Å². The van der Waals surface area contributed by atoms with E-state index in [-0.39, 0.29) is 27.1 Å². The number of benzene rings is 1. The van der Waals surface area contributed by atoms with Gasteiger partial charge in [0.1, 0.15) is 16.3 Å². The van der Waals surface area contributed by atoms with E-state index in [4.69, 9.17) is 11.6 Å². The van der Waals surface area contributed by atoms with Gasteiger partial charge in [-0.25, -0.2) is 27.5 Å². The summed E-state index contributed by atoms with van der Waals surface area (Å²) in [5.41, 5.74) is -0.258. The van der Waals surface area contributed by atoms with Crippen LogP contribution < -0.4 is 4.72 Å². The topological polar surface area (TPSA) is 94.0 Å². The molecule has 1 amide bonds. The van der Waals surface area contributed by atoms with E-state index in [1.165, 1.54) is 54.3 Å². The third-order valence-corrected chi connectivity index (χ3v) is 5.26. The molecule has 10 heteroatoms. The first-order chi connectivity index (χ1) is 12.3. The van der Waals surface area contributed by atoms with Gasteiger partial charge in [-0.1, -0.05) is 23.7 Å². The van der Waals surface area contributed by atoms with Crippen LogP contribution in [0.15, 0.2) is 53.7 Å². The molecule has 0 aliphatic carbocycles. The van der Waals surface area contributed by atoms with Crippen molar-refractivity contribution in [2.75, 3.05) is 0 Å². The Morgan fingerprint density at radius 2 is 1.96 bits per heavy atom. The van der Waals surface area contributed by atoms with Crippen LogP contribution in [0, 0.1) is 5.82 Å². The van der Waals surface area contributed by atoms with Crippen LogP contribution in [-0.4, -0.2) is 28.9 Å². The predicted octanol–water partition coefficient (Wildman–Crippen LogP) is 2.39. The molecule has 0 aliphatic heterocycles. The Hall–Kier alpha value is -2.78. The quantitative estimate of drug-likeness (QED) is 0.733. The number of sulfonamides is 1. The molecule has 134 valence electrons. The molecule has 0 bridgehead atoms. The highest BCUT2D eigenvalue weighted by atomic mass is 35.5. The Kier molecular flexibility index (Phi) is 4.75. The van der Waals surface area contributed by atoms with Gasteiger partial charge in [0, 0.05) is 19.4 Å². The van der Waals surface area contributed by atoms with Gasteiger partial charge in [0.05, 0.1) is 5.02 Å². The van der Waals surface area contributed by atoms with Crippen LogP contribution in [0.4, 0.5) is 4.39 Å². The third-order valence-electron chi connectivity index (χ3n) is 3.43. The molecule has 7 nitrogen and oxygen atoms in total. The number of carbonyl (C=O) groups excluding carboxylic acids is 1. The Bertz CT molecular complexity index is 1100. The number of pyridine rings is 1. The maximum Gasteiger partial charge on any atom is 0.285 e. The fraction of sp³-hybridized carbons (Fsp3) is 0.0625. The van der Waals surface area contributed by atoms with Crippen molar-refractivity contribution in [1.82, 2.24) is 19.3 Å². The first-order valence-electron chi connectivity index (χ1n) is 7.25. The lowest BCUT2D eigenvalue weighted by Gasteiger charge is -2.06. The molecule has 0 radical (unpaired) electrons. The van der Waals surface area contributed by atoms with Crippen molar-refractivity contribution in [3.63, 3.8) is 0 Å². The lowest BCUT2D eigenvalue weighted by molar-refractivity contribution is 0.0977. The van der Waals surface area contributed by atoms with E-state index in [0.717, 1.165) is 0 Å². The second kappa shape index (κ2) is 6.85. The SMILES string of the molecule is Cn1cc(C(=O)NS(=O)(=O)c2ccccc2Cl)nc1-c1ncccc1F. The Morgan fingerprint density at radius 3 is 2.65 bits per heavy atom. The van der Waals surface area contributed by atoms with E-state index < -0.39 is 21.7 Å². The summed E-state index contributed by atoms with van der Waals surface area (Å²) >= 11 is 5.86. The lowest BCUT2D eigenvalue weighted by Crippen LogP contribution is -2.31. The molecule has 2 aromatic heterocycles. The molecule has 0 fully saturated rings. The van der Waals surface area contributed by atoms with Gasteiger partial charge >= 0.3 is 0 Å². The van der Waals surface area contributed by atoms with Crippen LogP contribution in [0.25, 0.3) is 11.5 Å². The molecule has 0 unspecified atom stereocenters. The predicted molar refractivity (Wildman–Crippen MR) is 92.5 cm³/mol. The van der Waals surface area contributed by atoms with Gasteiger partial charge in [0.2, 0.25) is 0 Å². The number of carbonyl (C=O) groups is 1. The van der Waals surface area contributed by atoms with Crippen LogP contribution in [0.2, 0.25) is 5.02 Å². The first kappa shape index (κ1) is 18.0. The molecule has 26 heavy (non-hydrogen) atoms. The number of nitrogens with one attached hydrogen (secondary N) is 1. The fourth-order valence-corrected chi connectivity index (χ4v) is 3.72. The minimum atomic E-state index is -4.19.